The van der Waals surface area contributed by atoms with Gasteiger partial charge in [-0.15, -0.1) is 11.8 Å². The molecule has 30 heavy (non-hydrogen) atoms. The smallest absolute Gasteiger partial charge is 0.246 e. The Morgan fingerprint density at radius 3 is 3.00 bits per heavy atom. The summed E-state index contributed by atoms with van der Waals surface area (Å²) in [5.74, 6) is 0.959. The molecule has 3 saturated heterocycles. The number of rotatable bonds is 3. The van der Waals surface area contributed by atoms with Gasteiger partial charge in [0.15, 0.2) is 0 Å². The van der Waals surface area contributed by atoms with Gasteiger partial charge in [-0.05, 0) is 31.9 Å². The van der Waals surface area contributed by atoms with E-state index in [2.05, 4.69) is 16.8 Å². The lowest BCUT2D eigenvalue weighted by molar-refractivity contribution is -0.143. The van der Waals surface area contributed by atoms with Crippen LogP contribution in [0.2, 0.25) is 5.02 Å². The molecule has 0 spiro atoms. The molecule has 2 amide bonds. The Morgan fingerprint density at radius 2 is 2.13 bits per heavy atom. The van der Waals surface area contributed by atoms with Gasteiger partial charge in [0, 0.05) is 57.3 Å². The molecule has 0 unspecified atom stereocenters. The van der Waals surface area contributed by atoms with Gasteiger partial charge in [-0.25, -0.2) is 4.98 Å². The third-order valence-electron chi connectivity index (χ3n) is 6.48. The number of nitrogens with zero attached hydrogens (tertiary/aromatic N) is 5. The topological polar surface area (TPSA) is 61.2 Å². The summed E-state index contributed by atoms with van der Waals surface area (Å²) in [5.41, 5.74) is 1.89. The van der Waals surface area contributed by atoms with Crippen molar-refractivity contribution in [1.29, 1.82) is 0 Å². The first-order valence-corrected chi connectivity index (χ1v) is 11.9. The highest BCUT2D eigenvalue weighted by Gasteiger charge is 2.53. The van der Waals surface area contributed by atoms with E-state index in [1.807, 2.05) is 38.7 Å². The maximum atomic E-state index is 13.3. The molecule has 0 radical (unpaired) electrons. The summed E-state index contributed by atoms with van der Waals surface area (Å²) in [5, 5.41) is 0.688. The highest BCUT2D eigenvalue weighted by atomic mass is 35.5. The Morgan fingerprint density at radius 1 is 1.27 bits per heavy atom. The highest BCUT2D eigenvalue weighted by Crippen LogP contribution is 2.47. The summed E-state index contributed by atoms with van der Waals surface area (Å²) in [7, 11) is 0. The molecule has 2 aromatic heterocycles. The van der Waals surface area contributed by atoms with Crippen molar-refractivity contribution in [3.05, 3.63) is 35.2 Å². The molecule has 2 aromatic rings. The Balaban J connectivity index is 1.23. The predicted molar refractivity (Wildman–Crippen MR) is 117 cm³/mol. The van der Waals surface area contributed by atoms with E-state index in [9.17, 15) is 9.59 Å². The van der Waals surface area contributed by atoms with Gasteiger partial charge in [-0.1, -0.05) is 11.6 Å². The van der Waals surface area contributed by atoms with Crippen molar-refractivity contribution < 1.29 is 9.59 Å². The monoisotopic (exact) mass is 447 g/mol. The van der Waals surface area contributed by atoms with E-state index in [0.717, 1.165) is 50.4 Å². The molecule has 5 rings (SSSR count). The maximum Gasteiger partial charge on any atom is 0.246 e. The zero-order valence-corrected chi connectivity index (χ0v) is 18.7. The zero-order valence-electron chi connectivity index (χ0n) is 17.1. The van der Waals surface area contributed by atoms with E-state index in [-0.39, 0.29) is 22.7 Å². The Hall–Kier alpha value is -1.77. The van der Waals surface area contributed by atoms with E-state index in [1.54, 1.807) is 11.8 Å². The molecule has 5 heterocycles. The van der Waals surface area contributed by atoms with E-state index in [0.29, 0.717) is 23.7 Å². The molecular weight excluding hydrogens is 422 g/mol. The Labute approximate surface area is 185 Å². The summed E-state index contributed by atoms with van der Waals surface area (Å²) in [6.07, 6.45) is 6.22. The number of aromatic nitrogens is 2. The van der Waals surface area contributed by atoms with Gasteiger partial charge in [0.1, 0.15) is 11.7 Å². The number of halogens is 1. The second-order valence-electron chi connectivity index (χ2n) is 8.57. The molecule has 0 aliphatic carbocycles. The van der Waals surface area contributed by atoms with Crippen LogP contribution in [0.3, 0.4) is 0 Å². The minimum absolute atomic E-state index is 0.116. The van der Waals surface area contributed by atoms with Crippen molar-refractivity contribution in [2.45, 2.75) is 43.6 Å². The lowest BCUT2D eigenvalue weighted by Crippen LogP contribution is -2.52. The quantitative estimate of drug-likeness (QED) is 0.723. The van der Waals surface area contributed by atoms with E-state index in [1.165, 1.54) is 0 Å². The number of fused-ring (bicyclic) bond motifs is 2. The Bertz CT molecular complexity index is 997. The molecule has 3 aliphatic heterocycles. The molecule has 3 fully saturated rings. The average molecular weight is 448 g/mol. The van der Waals surface area contributed by atoms with E-state index < -0.39 is 0 Å². The first-order chi connectivity index (χ1) is 14.4. The highest BCUT2D eigenvalue weighted by molar-refractivity contribution is 8.01. The number of hydrogen-bond acceptors (Lipinski definition) is 5. The number of imidazole rings is 1. The van der Waals surface area contributed by atoms with Gasteiger partial charge < -0.3 is 14.2 Å². The van der Waals surface area contributed by atoms with Crippen LogP contribution < -0.4 is 0 Å². The van der Waals surface area contributed by atoms with Crippen molar-refractivity contribution in [2.24, 2.45) is 0 Å². The third kappa shape index (κ3) is 3.59. The number of thioether (sulfide) groups is 1. The largest absolute Gasteiger partial charge is 0.340 e. The number of amides is 2. The molecule has 0 bridgehead atoms. The molecule has 7 nitrogen and oxygen atoms in total. The minimum atomic E-state index is -0.301. The molecule has 9 heteroatoms. The average Bonchev–Trinajstić information content (AvgIpc) is 3.29. The third-order valence-corrected chi connectivity index (χ3v) is 8.21. The van der Waals surface area contributed by atoms with Gasteiger partial charge in [0.05, 0.1) is 15.6 Å². The number of carbonyl (C=O) groups excluding carboxylic acids is 2. The molecule has 0 N–H and O–H groups in total. The van der Waals surface area contributed by atoms with Crippen LogP contribution in [0.15, 0.2) is 24.5 Å². The zero-order chi connectivity index (χ0) is 20.9. The van der Waals surface area contributed by atoms with Gasteiger partial charge in [-0.2, -0.15) is 0 Å². The summed E-state index contributed by atoms with van der Waals surface area (Å²) in [6, 6.07) is 3.46. The number of carbonyl (C=O) groups is 2. The van der Waals surface area contributed by atoms with Gasteiger partial charge >= 0.3 is 0 Å². The van der Waals surface area contributed by atoms with Crippen LogP contribution in [0.25, 0.3) is 5.65 Å². The second-order valence-corrected chi connectivity index (χ2v) is 10.5. The molecule has 160 valence electrons. The summed E-state index contributed by atoms with van der Waals surface area (Å²) < 4.78 is 1.95. The SMILES string of the molecule is C[C@]12CCC(=O)N1[C@H](C(=O)N1CCCN(Cc3cn4cc(Cl)ccc4n3)CC1)CS2. The summed E-state index contributed by atoms with van der Waals surface area (Å²) in [6.45, 7) is 6.03. The summed E-state index contributed by atoms with van der Waals surface area (Å²) in [4.78, 5) is 36.3. The standard InChI is InChI=1S/C21H26ClN5O2S/c1-21-6-5-19(28)27(21)17(14-30-21)20(29)25-8-2-7-24(9-10-25)12-16-13-26-11-15(22)3-4-18(26)23-16/h3-4,11,13,17H,2,5-10,12,14H2,1H3/t17-,21-/m0/s1. The normalized spacial score (nSPS) is 27.7. The van der Waals surface area contributed by atoms with Crippen molar-refractivity contribution in [1.82, 2.24) is 24.1 Å². The fraction of sp³-hybridized carbons (Fsp3) is 0.571. The van der Waals surface area contributed by atoms with Crippen LogP contribution >= 0.6 is 23.4 Å². The van der Waals surface area contributed by atoms with E-state index in [4.69, 9.17) is 11.6 Å². The van der Waals surface area contributed by atoms with Crippen LogP contribution in [0, 0.1) is 0 Å². The van der Waals surface area contributed by atoms with Crippen LogP contribution in [0.4, 0.5) is 0 Å². The lowest BCUT2D eigenvalue weighted by atomic mass is 10.2. The first kappa shape index (κ1) is 20.2. The molecular formula is C21H26ClN5O2S. The number of pyridine rings is 1. The maximum absolute atomic E-state index is 13.3. The molecule has 0 saturated carbocycles. The molecule has 2 atom stereocenters. The van der Waals surface area contributed by atoms with Gasteiger partial charge in [-0.3, -0.25) is 14.5 Å². The van der Waals surface area contributed by atoms with Crippen molar-refractivity contribution in [2.75, 3.05) is 31.9 Å². The molecule has 3 aliphatic rings. The second kappa shape index (κ2) is 7.73. The van der Waals surface area contributed by atoms with Gasteiger partial charge in [0.2, 0.25) is 11.8 Å². The molecule has 0 aromatic carbocycles. The van der Waals surface area contributed by atoms with Crippen LogP contribution in [-0.4, -0.2) is 78.7 Å². The van der Waals surface area contributed by atoms with Crippen molar-refractivity contribution >= 4 is 40.8 Å². The summed E-state index contributed by atoms with van der Waals surface area (Å²) >= 11 is 7.83. The number of hydrogen-bond donors (Lipinski definition) is 0. The minimum Gasteiger partial charge on any atom is -0.340 e. The fourth-order valence-electron chi connectivity index (χ4n) is 4.89. The Kier molecular flexibility index (Phi) is 5.19. The predicted octanol–water partition coefficient (Wildman–Crippen LogP) is 2.48. The van der Waals surface area contributed by atoms with Gasteiger partial charge in [0.25, 0.3) is 0 Å². The van der Waals surface area contributed by atoms with Crippen LogP contribution in [0.5, 0.6) is 0 Å². The first-order valence-electron chi connectivity index (χ1n) is 10.5. The van der Waals surface area contributed by atoms with Crippen molar-refractivity contribution in [3.8, 4) is 0 Å². The van der Waals surface area contributed by atoms with Crippen LogP contribution in [-0.2, 0) is 16.1 Å². The van der Waals surface area contributed by atoms with Crippen molar-refractivity contribution in [3.63, 3.8) is 0 Å². The van der Waals surface area contributed by atoms with Crippen LogP contribution in [0.1, 0.15) is 31.9 Å². The lowest BCUT2D eigenvalue weighted by Gasteiger charge is -2.32. The fourth-order valence-corrected chi connectivity index (χ4v) is 6.48. The van der Waals surface area contributed by atoms with E-state index >= 15 is 0 Å².